The fourth-order valence-electron chi connectivity index (χ4n) is 1.89. The smallest absolute Gasteiger partial charge is 0.246 e. The molecular formula is C9H14ClN3O3S2. The Morgan fingerprint density at radius 1 is 1.44 bits per heavy atom. The first kappa shape index (κ1) is 14.0. The van der Waals surface area contributed by atoms with E-state index in [9.17, 15) is 12.6 Å². The zero-order valence-electron chi connectivity index (χ0n) is 9.85. The summed E-state index contributed by atoms with van der Waals surface area (Å²) in [6.07, 6.45) is 0. The number of sulfonamides is 1. The average Bonchev–Trinajstić information content (AvgIpc) is 2.71. The molecule has 1 aliphatic heterocycles. The minimum atomic E-state index is -3.59. The first-order valence-electron chi connectivity index (χ1n) is 5.41. The molecule has 0 unspecified atom stereocenters. The Morgan fingerprint density at radius 2 is 2.06 bits per heavy atom. The molecule has 2 rings (SSSR count). The highest BCUT2D eigenvalue weighted by Crippen LogP contribution is 2.24. The highest BCUT2D eigenvalue weighted by Gasteiger charge is 2.32. The number of rotatable bonds is 3. The van der Waals surface area contributed by atoms with Gasteiger partial charge in [0.2, 0.25) is 10.0 Å². The number of aromatic nitrogens is 2. The molecule has 0 atom stereocenters. The summed E-state index contributed by atoms with van der Waals surface area (Å²) in [5.74, 6) is 0.803. The second-order valence-electron chi connectivity index (χ2n) is 4.01. The van der Waals surface area contributed by atoms with E-state index in [1.54, 1.807) is 6.92 Å². The SMILES string of the molecule is Cc1[nH]nc(CCl)c1S(=O)(=O)N1CCS(=O)CC1. The molecule has 1 saturated heterocycles. The minimum absolute atomic E-state index is 0.0404. The Balaban J connectivity index is 2.36. The number of hydrogen-bond acceptors (Lipinski definition) is 4. The number of nitrogens with zero attached hydrogens (tertiary/aromatic N) is 2. The molecule has 0 spiro atoms. The fraction of sp³-hybridized carbons (Fsp3) is 0.667. The summed E-state index contributed by atoms with van der Waals surface area (Å²) in [5, 5.41) is 6.53. The van der Waals surface area contributed by atoms with Crippen LogP contribution in [0.1, 0.15) is 11.4 Å². The van der Waals surface area contributed by atoms with Crippen molar-refractivity contribution in [1.29, 1.82) is 0 Å². The van der Waals surface area contributed by atoms with E-state index < -0.39 is 20.8 Å². The lowest BCUT2D eigenvalue weighted by atomic mass is 10.4. The normalized spacial score (nSPS) is 19.2. The number of nitrogens with one attached hydrogen (secondary N) is 1. The molecule has 0 radical (unpaired) electrons. The molecule has 2 heterocycles. The van der Waals surface area contributed by atoms with Gasteiger partial charge in [0.15, 0.2) is 0 Å². The molecule has 0 bridgehead atoms. The van der Waals surface area contributed by atoms with Crippen LogP contribution in [0.3, 0.4) is 0 Å². The zero-order valence-corrected chi connectivity index (χ0v) is 12.2. The third-order valence-corrected chi connectivity index (χ3v) is 6.45. The summed E-state index contributed by atoms with van der Waals surface area (Å²) < 4.78 is 37.5. The number of H-pyrrole nitrogens is 1. The summed E-state index contributed by atoms with van der Waals surface area (Å²) in [7, 11) is -4.51. The van der Waals surface area contributed by atoms with Crippen LogP contribution in [0.5, 0.6) is 0 Å². The number of aryl methyl sites for hydroxylation is 1. The molecule has 0 saturated carbocycles. The second-order valence-corrected chi connectivity index (χ2v) is 7.85. The van der Waals surface area contributed by atoms with Crippen molar-refractivity contribution in [3.63, 3.8) is 0 Å². The van der Waals surface area contributed by atoms with E-state index in [0.717, 1.165) is 0 Å². The summed E-state index contributed by atoms with van der Waals surface area (Å²) >= 11 is 5.70. The van der Waals surface area contributed by atoms with Gasteiger partial charge in [-0.2, -0.15) is 9.40 Å². The van der Waals surface area contributed by atoms with Gasteiger partial charge in [0.25, 0.3) is 0 Å². The molecule has 0 aromatic carbocycles. The number of hydrogen-bond donors (Lipinski definition) is 1. The van der Waals surface area contributed by atoms with Crippen LogP contribution in [0.25, 0.3) is 0 Å². The van der Waals surface area contributed by atoms with Gasteiger partial charge in [-0.3, -0.25) is 9.31 Å². The van der Waals surface area contributed by atoms with Gasteiger partial charge in [-0.15, -0.1) is 11.6 Å². The molecule has 0 aliphatic carbocycles. The van der Waals surface area contributed by atoms with Crippen LogP contribution in [0.4, 0.5) is 0 Å². The van der Waals surface area contributed by atoms with E-state index in [-0.39, 0.29) is 23.9 Å². The van der Waals surface area contributed by atoms with Crippen molar-refractivity contribution in [2.75, 3.05) is 24.6 Å². The van der Waals surface area contributed by atoms with Crippen molar-refractivity contribution in [3.05, 3.63) is 11.4 Å². The van der Waals surface area contributed by atoms with Crippen LogP contribution >= 0.6 is 11.6 Å². The monoisotopic (exact) mass is 311 g/mol. The number of aromatic amines is 1. The Hall–Kier alpha value is -0.440. The van der Waals surface area contributed by atoms with Gasteiger partial charge in [-0.25, -0.2) is 8.42 Å². The van der Waals surface area contributed by atoms with Crippen molar-refractivity contribution >= 4 is 32.4 Å². The highest BCUT2D eigenvalue weighted by molar-refractivity contribution is 7.89. The molecule has 6 nitrogen and oxygen atoms in total. The quantitative estimate of drug-likeness (QED) is 0.809. The molecule has 0 amide bonds. The zero-order chi connectivity index (χ0) is 13.3. The van der Waals surface area contributed by atoms with Crippen molar-refractivity contribution in [1.82, 2.24) is 14.5 Å². The lowest BCUT2D eigenvalue weighted by Crippen LogP contribution is -2.42. The second kappa shape index (κ2) is 5.28. The standard InChI is InChI=1S/C9H14ClN3O3S2/c1-7-9(8(6-10)12-11-7)18(15,16)13-2-4-17(14)5-3-13/h2-6H2,1H3,(H,11,12). The first-order chi connectivity index (χ1) is 8.46. The van der Waals surface area contributed by atoms with Crippen LogP contribution in [0.15, 0.2) is 4.90 Å². The van der Waals surface area contributed by atoms with Crippen LogP contribution in [-0.4, -0.2) is 51.7 Å². The lowest BCUT2D eigenvalue weighted by Gasteiger charge is -2.25. The van der Waals surface area contributed by atoms with Gasteiger partial charge < -0.3 is 0 Å². The third-order valence-electron chi connectivity index (χ3n) is 2.82. The van der Waals surface area contributed by atoms with E-state index in [2.05, 4.69) is 10.2 Å². The van der Waals surface area contributed by atoms with Crippen LogP contribution in [0.2, 0.25) is 0 Å². The van der Waals surface area contributed by atoms with Gasteiger partial charge in [0.05, 0.1) is 17.3 Å². The first-order valence-corrected chi connectivity index (χ1v) is 8.88. The molecule has 102 valence electrons. The van der Waals surface area contributed by atoms with E-state index in [1.165, 1.54) is 4.31 Å². The van der Waals surface area contributed by atoms with Gasteiger partial charge in [0.1, 0.15) is 4.90 Å². The van der Waals surface area contributed by atoms with Gasteiger partial charge in [-0.05, 0) is 6.92 Å². The number of alkyl halides is 1. The summed E-state index contributed by atoms with van der Waals surface area (Å²) in [4.78, 5) is 0.158. The van der Waals surface area contributed by atoms with E-state index in [0.29, 0.717) is 22.9 Å². The summed E-state index contributed by atoms with van der Waals surface area (Å²) in [6, 6.07) is 0. The molecule has 1 aromatic heterocycles. The van der Waals surface area contributed by atoms with Crippen molar-refractivity contribution < 1.29 is 12.6 Å². The third kappa shape index (κ3) is 2.47. The Labute approximate surface area is 113 Å². The summed E-state index contributed by atoms with van der Waals surface area (Å²) in [6.45, 7) is 2.21. The van der Waals surface area contributed by atoms with Gasteiger partial charge in [-0.1, -0.05) is 0 Å². The maximum Gasteiger partial charge on any atom is 0.246 e. The Kier molecular flexibility index (Phi) is 4.10. The molecule has 9 heteroatoms. The molecule has 1 aromatic rings. The molecule has 1 fully saturated rings. The van der Waals surface area contributed by atoms with Crippen molar-refractivity contribution in [3.8, 4) is 0 Å². The van der Waals surface area contributed by atoms with Crippen LogP contribution < -0.4 is 0 Å². The van der Waals surface area contributed by atoms with Gasteiger partial charge >= 0.3 is 0 Å². The molecule has 18 heavy (non-hydrogen) atoms. The largest absolute Gasteiger partial charge is 0.281 e. The maximum absolute atomic E-state index is 12.5. The molecule has 1 aliphatic rings. The highest BCUT2D eigenvalue weighted by atomic mass is 35.5. The Bertz CT molecular complexity index is 560. The van der Waals surface area contributed by atoms with Crippen LogP contribution in [-0.2, 0) is 26.7 Å². The van der Waals surface area contributed by atoms with Crippen molar-refractivity contribution in [2.24, 2.45) is 0 Å². The predicted molar refractivity (Wildman–Crippen MR) is 69.5 cm³/mol. The fourth-order valence-corrected chi connectivity index (χ4v) is 5.22. The summed E-state index contributed by atoms with van der Waals surface area (Å²) in [5.41, 5.74) is 0.818. The average molecular weight is 312 g/mol. The van der Waals surface area contributed by atoms with E-state index in [1.807, 2.05) is 0 Å². The van der Waals surface area contributed by atoms with Gasteiger partial charge in [0, 0.05) is 35.4 Å². The van der Waals surface area contributed by atoms with Crippen LogP contribution in [0, 0.1) is 6.92 Å². The molecule has 1 N–H and O–H groups in total. The number of halogens is 1. The lowest BCUT2D eigenvalue weighted by molar-refractivity contribution is 0.438. The van der Waals surface area contributed by atoms with Crippen molar-refractivity contribution in [2.45, 2.75) is 17.7 Å². The Morgan fingerprint density at radius 3 is 2.61 bits per heavy atom. The van der Waals surface area contributed by atoms with E-state index >= 15 is 0 Å². The topological polar surface area (TPSA) is 83.1 Å². The predicted octanol–water partition coefficient (Wildman–Crippen LogP) is 0.210. The molecular weight excluding hydrogens is 298 g/mol. The minimum Gasteiger partial charge on any atom is -0.281 e. The maximum atomic E-state index is 12.5. The van der Waals surface area contributed by atoms with E-state index in [4.69, 9.17) is 11.6 Å².